The summed E-state index contributed by atoms with van der Waals surface area (Å²) in [7, 11) is 0. The van der Waals surface area contributed by atoms with Crippen molar-refractivity contribution in [1.29, 1.82) is 0 Å². The van der Waals surface area contributed by atoms with Crippen molar-refractivity contribution >= 4 is 27.5 Å². The third-order valence-electron chi connectivity index (χ3n) is 2.60. The van der Waals surface area contributed by atoms with E-state index in [1.807, 2.05) is 19.1 Å². The van der Waals surface area contributed by atoms with Crippen molar-refractivity contribution in [2.24, 2.45) is 0 Å². The molecule has 3 nitrogen and oxygen atoms in total. The molecule has 0 N–H and O–H groups in total. The van der Waals surface area contributed by atoms with Crippen LogP contribution in [0.3, 0.4) is 0 Å². The van der Waals surface area contributed by atoms with Gasteiger partial charge in [-0.1, -0.05) is 31.9 Å². The van der Waals surface area contributed by atoms with Crippen LogP contribution in [0.1, 0.15) is 31.7 Å². The van der Waals surface area contributed by atoms with Crippen molar-refractivity contribution < 1.29 is 4.42 Å². The minimum Gasteiger partial charge on any atom is -0.458 e. The fourth-order valence-corrected chi connectivity index (χ4v) is 2.23. The van der Waals surface area contributed by atoms with Gasteiger partial charge in [-0.3, -0.25) is 0 Å². The molecule has 0 saturated carbocycles. The van der Waals surface area contributed by atoms with Gasteiger partial charge < -0.3 is 4.42 Å². The molecule has 0 spiro atoms. The van der Waals surface area contributed by atoms with E-state index in [4.69, 9.17) is 16.0 Å². The topological polar surface area (TPSA) is 38.9 Å². The second kappa shape index (κ2) is 5.85. The van der Waals surface area contributed by atoms with Crippen LogP contribution in [0.25, 0.3) is 11.6 Å². The van der Waals surface area contributed by atoms with Crippen LogP contribution in [-0.2, 0) is 12.8 Å². The smallest absolute Gasteiger partial charge is 0.197 e. The summed E-state index contributed by atoms with van der Waals surface area (Å²) in [6.45, 7) is 4.14. The number of aromatic nitrogens is 2. The van der Waals surface area contributed by atoms with Crippen LogP contribution in [0, 0.1) is 0 Å². The Labute approximate surface area is 120 Å². The zero-order valence-electron chi connectivity index (χ0n) is 10.3. The van der Waals surface area contributed by atoms with E-state index in [1.165, 1.54) is 0 Å². The Bertz CT molecular complexity index is 554. The lowest BCUT2D eigenvalue weighted by atomic mass is 10.2. The number of halogens is 2. The van der Waals surface area contributed by atoms with Gasteiger partial charge in [-0.25, -0.2) is 9.97 Å². The molecule has 0 amide bonds. The molecule has 2 aromatic rings. The molecule has 0 fully saturated rings. The van der Waals surface area contributed by atoms with Gasteiger partial charge in [0.25, 0.3) is 0 Å². The van der Waals surface area contributed by atoms with Gasteiger partial charge in [0, 0.05) is 6.42 Å². The van der Waals surface area contributed by atoms with Crippen LogP contribution in [0.15, 0.2) is 21.0 Å². The highest BCUT2D eigenvalue weighted by molar-refractivity contribution is 9.10. The predicted octanol–water partition coefficient (Wildman–Crippen LogP) is 4.67. The minimum atomic E-state index is 0.429. The third-order valence-corrected chi connectivity index (χ3v) is 3.93. The van der Waals surface area contributed by atoms with Crippen molar-refractivity contribution in [2.75, 3.05) is 0 Å². The molecule has 2 aromatic heterocycles. The first kappa shape index (κ1) is 13.6. The van der Waals surface area contributed by atoms with Gasteiger partial charge in [0.05, 0.1) is 10.2 Å². The third kappa shape index (κ3) is 2.75. The second-order valence-electron chi connectivity index (χ2n) is 3.97. The van der Waals surface area contributed by atoms with Gasteiger partial charge in [-0.05, 0) is 34.5 Å². The minimum absolute atomic E-state index is 0.429. The first-order valence-corrected chi connectivity index (χ1v) is 7.13. The Kier molecular flexibility index (Phi) is 4.40. The molecule has 0 aliphatic rings. The molecule has 2 heterocycles. The van der Waals surface area contributed by atoms with E-state index in [9.17, 15) is 0 Å². The quantitative estimate of drug-likeness (QED) is 0.765. The van der Waals surface area contributed by atoms with E-state index in [1.54, 1.807) is 0 Å². The van der Waals surface area contributed by atoms with E-state index in [-0.39, 0.29) is 0 Å². The predicted molar refractivity (Wildman–Crippen MR) is 75.8 cm³/mol. The Morgan fingerprint density at radius 3 is 2.67 bits per heavy atom. The average Bonchev–Trinajstić information content (AvgIpc) is 2.83. The molecular weight excluding hydrogens is 316 g/mol. The standard InChI is InChI=1S/C13H14BrClN2O/c1-3-5-9-11(14)12(15)17-13(16-9)10-7-6-8(4-2)18-10/h6-7H,3-5H2,1-2H3. The first-order chi connectivity index (χ1) is 8.65. The van der Waals surface area contributed by atoms with E-state index >= 15 is 0 Å². The lowest BCUT2D eigenvalue weighted by molar-refractivity contribution is 0.525. The number of aryl methyl sites for hydroxylation is 2. The highest BCUT2D eigenvalue weighted by Crippen LogP contribution is 2.28. The van der Waals surface area contributed by atoms with Gasteiger partial charge in [0.1, 0.15) is 10.9 Å². The van der Waals surface area contributed by atoms with Crippen molar-refractivity contribution in [3.05, 3.63) is 33.2 Å². The Morgan fingerprint density at radius 2 is 2.06 bits per heavy atom. The SMILES string of the molecule is CCCc1nc(-c2ccc(CC)o2)nc(Cl)c1Br. The zero-order valence-corrected chi connectivity index (χ0v) is 12.7. The highest BCUT2D eigenvalue weighted by atomic mass is 79.9. The normalized spacial score (nSPS) is 10.9. The fraction of sp³-hybridized carbons (Fsp3) is 0.385. The Morgan fingerprint density at radius 1 is 1.28 bits per heavy atom. The van der Waals surface area contributed by atoms with Crippen molar-refractivity contribution in [3.63, 3.8) is 0 Å². The van der Waals surface area contributed by atoms with E-state index in [2.05, 4.69) is 32.8 Å². The molecule has 2 rings (SSSR count). The molecule has 0 bridgehead atoms. The van der Waals surface area contributed by atoms with Crippen LogP contribution >= 0.6 is 27.5 Å². The summed E-state index contributed by atoms with van der Waals surface area (Å²) in [5, 5.41) is 0.429. The number of hydrogen-bond acceptors (Lipinski definition) is 3. The fourth-order valence-electron chi connectivity index (χ4n) is 1.66. The molecule has 18 heavy (non-hydrogen) atoms. The number of nitrogens with zero attached hydrogens (tertiary/aromatic N) is 2. The monoisotopic (exact) mass is 328 g/mol. The van der Waals surface area contributed by atoms with E-state index in [0.29, 0.717) is 16.7 Å². The first-order valence-electron chi connectivity index (χ1n) is 5.96. The zero-order chi connectivity index (χ0) is 13.1. The molecule has 0 unspecified atom stereocenters. The van der Waals surface area contributed by atoms with Crippen LogP contribution in [0.2, 0.25) is 5.15 Å². The molecule has 0 aliphatic carbocycles. The van der Waals surface area contributed by atoms with Gasteiger partial charge >= 0.3 is 0 Å². The summed E-state index contributed by atoms with van der Waals surface area (Å²) in [6, 6.07) is 3.82. The largest absolute Gasteiger partial charge is 0.458 e. The van der Waals surface area contributed by atoms with Gasteiger partial charge in [-0.15, -0.1) is 0 Å². The van der Waals surface area contributed by atoms with Crippen LogP contribution in [-0.4, -0.2) is 9.97 Å². The lowest BCUT2D eigenvalue weighted by Gasteiger charge is -2.05. The lowest BCUT2D eigenvalue weighted by Crippen LogP contribution is -1.98. The van der Waals surface area contributed by atoms with Crippen LogP contribution in [0.5, 0.6) is 0 Å². The summed E-state index contributed by atoms with van der Waals surface area (Å²) in [6.07, 6.45) is 2.72. The molecule has 0 saturated heterocycles. The highest BCUT2D eigenvalue weighted by Gasteiger charge is 2.13. The summed E-state index contributed by atoms with van der Waals surface area (Å²) in [4.78, 5) is 8.75. The number of furan rings is 1. The second-order valence-corrected chi connectivity index (χ2v) is 5.12. The molecule has 5 heteroatoms. The van der Waals surface area contributed by atoms with Crippen molar-refractivity contribution in [1.82, 2.24) is 9.97 Å². The molecule has 96 valence electrons. The Hall–Kier alpha value is -0.870. The molecular formula is C13H14BrClN2O. The maximum absolute atomic E-state index is 6.11. The summed E-state index contributed by atoms with van der Waals surface area (Å²) >= 11 is 9.52. The van der Waals surface area contributed by atoms with Crippen molar-refractivity contribution in [3.8, 4) is 11.6 Å². The maximum Gasteiger partial charge on any atom is 0.197 e. The molecule has 0 atom stereocenters. The molecule has 0 radical (unpaired) electrons. The number of hydrogen-bond donors (Lipinski definition) is 0. The summed E-state index contributed by atoms with van der Waals surface area (Å²) in [5.74, 6) is 2.13. The average molecular weight is 330 g/mol. The van der Waals surface area contributed by atoms with E-state index < -0.39 is 0 Å². The maximum atomic E-state index is 6.11. The van der Waals surface area contributed by atoms with Gasteiger partial charge in [0.15, 0.2) is 11.6 Å². The summed E-state index contributed by atoms with van der Waals surface area (Å²) in [5.41, 5.74) is 0.918. The van der Waals surface area contributed by atoms with Crippen LogP contribution < -0.4 is 0 Å². The summed E-state index contributed by atoms with van der Waals surface area (Å²) < 4.78 is 6.42. The van der Waals surface area contributed by atoms with E-state index in [0.717, 1.165) is 35.2 Å². The van der Waals surface area contributed by atoms with Crippen molar-refractivity contribution in [2.45, 2.75) is 33.1 Å². The Balaban J connectivity index is 2.44. The molecule has 0 aliphatic heterocycles. The van der Waals surface area contributed by atoms with Gasteiger partial charge in [-0.2, -0.15) is 0 Å². The molecule has 0 aromatic carbocycles. The van der Waals surface area contributed by atoms with Gasteiger partial charge in [0.2, 0.25) is 0 Å². The number of rotatable bonds is 4. The van der Waals surface area contributed by atoms with Crippen LogP contribution in [0.4, 0.5) is 0 Å².